The van der Waals surface area contributed by atoms with Crippen molar-refractivity contribution in [1.29, 1.82) is 0 Å². The van der Waals surface area contributed by atoms with Crippen LogP contribution in [-0.2, 0) is 0 Å². The van der Waals surface area contributed by atoms with Crippen LogP contribution in [0.1, 0.15) is 26.7 Å². The van der Waals surface area contributed by atoms with Crippen molar-refractivity contribution < 1.29 is 4.79 Å². The summed E-state index contributed by atoms with van der Waals surface area (Å²) in [6.07, 6.45) is 2.23. The van der Waals surface area contributed by atoms with E-state index >= 15 is 0 Å². The SMILES string of the molecule is CCCC(C)SNC(=O)Cl. The molecule has 1 unspecified atom stereocenters. The maximum atomic E-state index is 10.2. The Labute approximate surface area is 70.8 Å². The predicted molar refractivity (Wildman–Crippen MR) is 46.3 cm³/mol. The van der Waals surface area contributed by atoms with Crippen molar-refractivity contribution in [1.82, 2.24) is 4.72 Å². The highest BCUT2D eigenvalue weighted by Crippen LogP contribution is 2.11. The fourth-order valence-electron chi connectivity index (χ4n) is 0.612. The van der Waals surface area contributed by atoms with Crippen LogP contribution in [0, 0.1) is 0 Å². The van der Waals surface area contributed by atoms with E-state index in [2.05, 4.69) is 18.6 Å². The van der Waals surface area contributed by atoms with Gasteiger partial charge in [0.05, 0.1) is 0 Å². The van der Waals surface area contributed by atoms with Crippen LogP contribution in [0.2, 0.25) is 0 Å². The van der Waals surface area contributed by atoms with Gasteiger partial charge in [0.25, 0.3) is 0 Å². The van der Waals surface area contributed by atoms with Crippen LogP contribution in [0.4, 0.5) is 4.79 Å². The second kappa shape index (κ2) is 5.86. The first-order chi connectivity index (χ1) is 4.66. The molecule has 60 valence electrons. The highest BCUT2D eigenvalue weighted by molar-refractivity contribution is 7.98. The minimum Gasteiger partial charge on any atom is -0.286 e. The van der Waals surface area contributed by atoms with E-state index in [1.807, 2.05) is 0 Å². The molecule has 0 spiro atoms. The lowest BCUT2D eigenvalue weighted by Crippen LogP contribution is -2.11. The lowest BCUT2D eigenvalue weighted by molar-refractivity contribution is 0.264. The molecule has 1 atom stereocenters. The maximum Gasteiger partial charge on any atom is 0.323 e. The van der Waals surface area contributed by atoms with Gasteiger partial charge in [0.1, 0.15) is 0 Å². The zero-order valence-electron chi connectivity index (χ0n) is 6.19. The molecule has 0 rings (SSSR count). The monoisotopic (exact) mass is 181 g/mol. The summed E-state index contributed by atoms with van der Waals surface area (Å²) in [5.74, 6) is 0. The fourth-order valence-corrected chi connectivity index (χ4v) is 1.39. The molecule has 1 amide bonds. The normalized spacial score (nSPS) is 12.7. The Morgan fingerprint density at radius 1 is 1.80 bits per heavy atom. The van der Waals surface area contributed by atoms with E-state index < -0.39 is 5.37 Å². The van der Waals surface area contributed by atoms with Crippen molar-refractivity contribution >= 4 is 28.9 Å². The second-order valence-corrected chi connectivity index (χ2v) is 3.68. The second-order valence-electron chi connectivity index (χ2n) is 2.09. The molecule has 0 saturated heterocycles. The highest BCUT2D eigenvalue weighted by atomic mass is 35.5. The van der Waals surface area contributed by atoms with Gasteiger partial charge in [0.15, 0.2) is 0 Å². The standard InChI is InChI=1S/C6H12ClNOS/c1-3-4-5(2)10-8-6(7)9/h5H,3-4H2,1-2H3,(H,8,9). The Hall–Kier alpha value is 0.110. The molecule has 0 aromatic carbocycles. The first kappa shape index (κ1) is 10.1. The Morgan fingerprint density at radius 2 is 2.40 bits per heavy atom. The van der Waals surface area contributed by atoms with Crippen LogP contribution in [0.15, 0.2) is 0 Å². The largest absolute Gasteiger partial charge is 0.323 e. The zero-order chi connectivity index (χ0) is 7.98. The van der Waals surface area contributed by atoms with Crippen molar-refractivity contribution in [2.75, 3.05) is 0 Å². The minimum atomic E-state index is -0.493. The molecular formula is C6H12ClNOS. The van der Waals surface area contributed by atoms with Crippen LogP contribution < -0.4 is 4.72 Å². The third-order valence-electron chi connectivity index (χ3n) is 1.04. The van der Waals surface area contributed by atoms with Crippen LogP contribution in [-0.4, -0.2) is 10.6 Å². The Bertz CT molecular complexity index is 110. The lowest BCUT2D eigenvalue weighted by atomic mass is 10.3. The van der Waals surface area contributed by atoms with E-state index in [0.717, 1.165) is 12.8 Å². The molecule has 4 heteroatoms. The predicted octanol–water partition coefficient (Wildman–Crippen LogP) is 2.77. The first-order valence-electron chi connectivity index (χ1n) is 3.28. The number of amides is 1. The number of carbonyl (C=O) groups is 1. The van der Waals surface area contributed by atoms with E-state index in [4.69, 9.17) is 11.6 Å². The van der Waals surface area contributed by atoms with Crippen molar-refractivity contribution in [3.05, 3.63) is 0 Å². The van der Waals surface area contributed by atoms with Crippen LogP contribution in [0.5, 0.6) is 0 Å². The molecule has 10 heavy (non-hydrogen) atoms. The van der Waals surface area contributed by atoms with Crippen LogP contribution in [0.25, 0.3) is 0 Å². The molecule has 0 aliphatic carbocycles. The van der Waals surface area contributed by atoms with Gasteiger partial charge in [-0.25, -0.2) is 0 Å². The number of nitrogens with one attached hydrogen (secondary N) is 1. The van der Waals surface area contributed by atoms with E-state index in [0.29, 0.717) is 5.25 Å². The van der Waals surface area contributed by atoms with Gasteiger partial charge < -0.3 is 0 Å². The third kappa shape index (κ3) is 6.23. The molecule has 0 aliphatic heterocycles. The van der Waals surface area contributed by atoms with Crippen molar-refractivity contribution in [3.63, 3.8) is 0 Å². The molecule has 0 bridgehead atoms. The number of carbonyl (C=O) groups excluding carboxylic acids is 1. The highest BCUT2D eigenvalue weighted by Gasteiger charge is 2.01. The summed E-state index contributed by atoms with van der Waals surface area (Å²) in [4.78, 5) is 10.2. The Kier molecular flexibility index (Phi) is 5.93. The zero-order valence-corrected chi connectivity index (χ0v) is 7.76. The summed E-state index contributed by atoms with van der Waals surface area (Å²) in [5, 5.41) is -0.0411. The third-order valence-corrected chi connectivity index (χ3v) is 2.18. The quantitative estimate of drug-likeness (QED) is 0.411. The van der Waals surface area contributed by atoms with Gasteiger partial charge in [-0.2, -0.15) is 0 Å². The number of hydrogen-bond acceptors (Lipinski definition) is 2. The molecular weight excluding hydrogens is 170 g/mol. The fraction of sp³-hybridized carbons (Fsp3) is 0.833. The molecule has 0 fully saturated rings. The topological polar surface area (TPSA) is 29.1 Å². The summed E-state index contributed by atoms with van der Waals surface area (Å²) >= 11 is 6.43. The maximum absolute atomic E-state index is 10.2. The first-order valence-corrected chi connectivity index (χ1v) is 4.53. The summed E-state index contributed by atoms with van der Waals surface area (Å²) in [5.41, 5.74) is 0. The van der Waals surface area contributed by atoms with Gasteiger partial charge in [-0.3, -0.25) is 9.52 Å². The molecule has 0 aromatic heterocycles. The van der Waals surface area contributed by atoms with Crippen LogP contribution in [0.3, 0.4) is 0 Å². The van der Waals surface area contributed by atoms with E-state index in [-0.39, 0.29) is 0 Å². The Balaban J connectivity index is 3.21. The van der Waals surface area contributed by atoms with E-state index in [1.165, 1.54) is 11.9 Å². The van der Waals surface area contributed by atoms with Crippen molar-refractivity contribution in [2.45, 2.75) is 31.9 Å². The van der Waals surface area contributed by atoms with Gasteiger partial charge >= 0.3 is 5.37 Å². The van der Waals surface area contributed by atoms with Gasteiger partial charge in [-0.05, 0) is 30.0 Å². The number of rotatable bonds is 4. The molecule has 0 aromatic rings. The molecule has 0 aliphatic rings. The molecule has 2 nitrogen and oxygen atoms in total. The summed E-state index contributed by atoms with van der Waals surface area (Å²) in [6, 6.07) is 0. The summed E-state index contributed by atoms with van der Waals surface area (Å²) < 4.78 is 2.47. The molecule has 0 heterocycles. The molecule has 0 saturated carbocycles. The molecule has 1 N–H and O–H groups in total. The lowest BCUT2D eigenvalue weighted by Gasteiger charge is -2.07. The van der Waals surface area contributed by atoms with Gasteiger partial charge in [-0.1, -0.05) is 20.3 Å². The van der Waals surface area contributed by atoms with Gasteiger partial charge in [0, 0.05) is 5.25 Å². The minimum absolute atomic E-state index is 0.452. The smallest absolute Gasteiger partial charge is 0.286 e. The van der Waals surface area contributed by atoms with Crippen molar-refractivity contribution in [3.8, 4) is 0 Å². The van der Waals surface area contributed by atoms with Crippen LogP contribution >= 0.6 is 23.5 Å². The van der Waals surface area contributed by atoms with E-state index in [1.54, 1.807) is 0 Å². The average molecular weight is 182 g/mol. The van der Waals surface area contributed by atoms with Gasteiger partial charge in [0.2, 0.25) is 0 Å². The van der Waals surface area contributed by atoms with Crippen molar-refractivity contribution in [2.24, 2.45) is 0 Å². The van der Waals surface area contributed by atoms with Gasteiger partial charge in [-0.15, -0.1) is 0 Å². The Morgan fingerprint density at radius 3 is 2.80 bits per heavy atom. The summed E-state index contributed by atoms with van der Waals surface area (Å²) in [7, 11) is 0. The number of hydrogen-bond donors (Lipinski definition) is 1. The number of halogens is 1. The molecule has 0 radical (unpaired) electrons. The van der Waals surface area contributed by atoms with E-state index in [9.17, 15) is 4.79 Å². The average Bonchev–Trinajstić information content (AvgIpc) is 1.85. The summed E-state index contributed by atoms with van der Waals surface area (Å²) in [6.45, 7) is 4.17.